The smallest absolute Gasteiger partial charge is 0.0558 e. The van der Waals surface area contributed by atoms with Crippen LogP contribution in [0, 0.1) is 0 Å². The van der Waals surface area contributed by atoms with Gasteiger partial charge in [-0.25, -0.2) is 0 Å². The molecule has 0 aliphatic rings. The van der Waals surface area contributed by atoms with Crippen LogP contribution in [0.2, 0.25) is 0 Å². The maximum atomic E-state index is 8.93. The summed E-state index contributed by atoms with van der Waals surface area (Å²) in [7, 11) is 3.96. The molecule has 0 aliphatic carbocycles. The molecular formula is C11H27N3O. The molecule has 0 heterocycles. The van der Waals surface area contributed by atoms with Gasteiger partial charge in [-0.3, -0.25) is 0 Å². The van der Waals surface area contributed by atoms with Crippen molar-refractivity contribution < 1.29 is 5.11 Å². The summed E-state index contributed by atoms with van der Waals surface area (Å²) < 4.78 is 0. The summed E-state index contributed by atoms with van der Waals surface area (Å²) in [5.74, 6) is 0. The van der Waals surface area contributed by atoms with E-state index in [2.05, 4.69) is 15.5 Å². The van der Waals surface area contributed by atoms with Gasteiger partial charge >= 0.3 is 0 Å². The van der Waals surface area contributed by atoms with Crippen molar-refractivity contribution >= 4 is 0 Å². The first-order chi connectivity index (χ1) is 7.35. The van der Waals surface area contributed by atoms with E-state index in [1.807, 2.05) is 14.1 Å². The standard InChI is InChI=1S/C11H27N3O/c1-12-6-3-4-8-14(10-11-15)9-5-7-13-2/h12-13,15H,3-11H2,1-2H3. The molecule has 0 aliphatic heterocycles. The number of aliphatic hydroxyl groups excluding tert-OH is 1. The van der Waals surface area contributed by atoms with Crippen LogP contribution in [-0.4, -0.2) is 63.4 Å². The minimum absolute atomic E-state index is 0.269. The van der Waals surface area contributed by atoms with Crippen molar-refractivity contribution in [3.8, 4) is 0 Å². The second kappa shape index (κ2) is 11.9. The number of nitrogens with one attached hydrogen (secondary N) is 2. The molecule has 0 bridgehead atoms. The molecule has 0 radical (unpaired) electrons. The number of hydrogen-bond acceptors (Lipinski definition) is 4. The number of rotatable bonds is 11. The van der Waals surface area contributed by atoms with Crippen LogP contribution in [0.25, 0.3) is 0 Å². The largest absolute Gasteiger partial charge is 0.395 e. The third-order valence-corrected chi connectivity index (χ3v) is 2.47. The fraction of sp³-hybridized carbons (Fsp3) is 1.00. The van der Waals surface area contributed by atoms with Gasteiger partial charge < -0.3 is 20.6 Å². The van der Waals surface area contributed by atoms with E-state index < -0.39 is 0 Å². The Kier molecular flexibility index (Phi) is 11.8. The Morgan fingerprint density at radius 3 is 2.07 bits per heavy atom. The molecule has 0 fully saturated rings. The zero-order valence-electron chi connectivity index (χ0n) is 10.3. The lowest BCUT2D eigenvalue weighted by atomic mass is 10.2. The third-order valence-electron chi connectivity index (χ3n) is 2.47. The van der Waals surface area contributed by atoms with Crippen LogP contribution in [0.5, 0.6) is 0 Å². The molecule has 0 saturated heterocycles. The van der Waals surface area contributed by atoms with Crippen molar-refractivity contribution in [1.29, 1.82) is 0 Å². The van der Waals surface area contributed by atoms with Gasteiger partial charge in [0.25, 0.3) is 0 Å². The average molecular weight is 217 g/mol. The monoisotopic (exact) mass is 217 g/mol. The predicted octanol–water partition coefficient (Wildman–Crippen LogP) is -0.110. The quantitative estimate of drug-likeness (QED) is 0.423. The Hall–Kier alpha value is -0.160. The molecule has 4 nitrogen and oxygen atoms in total. The van der Waals surface area contributed by atoms with Crippen molar-refractivity contribution in [2.24, 2.45) is 0 Å². The van der Waals surface area contributed by atoms with Gasteiger partial charge in [-0.2, -0.15) is 0 Å². The van der Waals surface area contributed by atoms with E-state index in [0.717, 1.165) is 39.1 Å². The van der Waals surface area contributed by atoms with Crippen molar-refractivity contribution in [1.82, 2.24) is 15.5 Å². The summed E-state index contributed by atoms with van der Waals surface area (Å²) >= 11 is 0. The summed E-state index contributed by atoms with van der Waals surface area (Å²) in [5.41, 5.74) is 0. The highest BCUT2D eigenvalue weighted by Gasteiger charge is 2.02. The fourth-order valence-corrected chi connectivity index (χ4v) is 1.59. The van der Waals surface area contributed by atoms with E-state index in [9.17, 15) is 0 Å². The highest BCUT2D eigenvalue weighted by molar-refractivity contribution is 4.59. The highest BCUT2D eigenvalue weighted by atomic mass is 16.3. The lowest BCUT2D eigenvalue weighted by Gasteiger charge is -2.21. The lowest BCUT2D eigenvalue weighted by Crippen LogP contribution is -2.31. The molecule has 0 spiro atoms. The van der Waals surface area contributed by atoms with Gasteiger partial charge in [0.1, 0.15) is 0 Å². The van der Waals surface area contributed by atoms with Gasteiger partial charge in [0.2, 0.25) is 0 Å². The lowest BCUT2D eigenvalue weighted by molar-refractivity contribution is 0.192. The van der Waals surface area contributed by atoms with Crippen LogP contribution in [0.1, 0.15) is 19.3 Å². The molecule has 0 amide bonds. The highest BCUT2D eigenvalue weighted by Crippen LogP contribution is 1.96. The van der Waals surface area contributed by atoms with Crippen LogP contribution in [0.15, 0.2) is 0 Å². The summed E-state index contributed by atoms with van der Waals surface area (Å²) in [5, 5.41) is 15.2. The molecule has 4 heteroatoms. The molecule has 0 unspecified atom stereocenters. The molecule has 15 heavy (non-hydrogen) atoms. The van der Waals surface area contributed by atoms with Crippen LogP contribution in [0.3, 0.4) is 0 Å². The Bertz CT molecular complexity index is 122. The van der Waals surface area contributed by atoms with E-state index in [4.69, 9.17) is 5.11 Å². The third kappa shape index (κ3) is 10.1. The maximum Gasteiger partial charge on any atom is 0.0558 e. The van der Waals surface area contributed by atoms with Crippen LogP contribution < -0.4 is 10.6 Å². The van der Waals surface area contributed by atoms with Crippen molar-refractivity contribution in [2.45, 2.75) is 19.3 Å². The van der Waals surface area contributed by atoms with Crippen molar-refractivity contribution in [2.75, 3.05) is 53.4 Å². The van der Waals surface area contributed by atoms with Gasteiger partial charge in [0, 0.05) is 6.54 Å². The Labute approximate surface area is 94.0 Å². The topological polar surface area (TPSA) is 47.5 Å². The van der Waals surface area contributed by atoms with Crippen LogP contribution in [0.4, 0.5) is 0 Å². The van der Waals surface area contributed by atoms with E-state index in [1.165, 1.54) is 12.8 Å². The van der Waals surface area contributed by atoms with Gasteiger partial charge in [-0.15, -0.1) is 0 Å². The van der Waals surface area contributed by atoms with E-state index in [1.54, 1.807) is 0 Å². The normalized spacial score (nSPS) is 11.2. The van der Waals surface area contributed by atoms with E-state index in [-0.39, 0.29) is 6.61 Å². The molecule has 0 rings (SSSR count). The van der Waals surface area contributed by atoms with Crippen molar-refractivity contribution in [3.63, 3.8) is 0 Å². The second-order valence-electron chi connectivity index (χ2n) is 3.83. The summed E-state index contributed by atoms with van der Waals surface area (Å²) in [6.45, 7) is 5.41. The van der Waals surface area contributed by atoms with Gasteiger partial charge in [-0.1, -0.05) is 0 Å². The first kappa shape index (κ1) is 14.8. The van der Waals surface area contributed by atoms with Crippen LogP contribution in [-0.2, 0) is 0 Å². The number of hydrogen-bond donors (Lipinski definition) is 3. The summed E-state index contributed by atoms with van der Waals surface area (Å²) in [6.07, 6.45) is 3.58. The predicted molar refractivity (Wildman–Crippen MR) is 65.2 cm³/mol. The van der Waals surface area contributed by atoms with Crippen molar-refractivity contribution in [3.05, 3.63) is 0 Å². The number of unbranched alkanes of at least 4 members (excludes halogenated alkanes) is 1. The minimum atomic E-state index is 0.269. The maximum absolute atomic E-state index is 8.93. The van der Waals surface area contributed by atoms with E-state index in [0.29, 0.717) is 0 Å². The first-order valence-corrected chi connectivity index (χ1v) is 5.97. The Morgan fingerprint density at radius 1 is 0.867 bits per heavy atom. The number of nitrogens with zero attached hydrogens (tertiary/aromatic N) is 1. The molecule has 0 atom stereocenters. The molecule has 0 aromatic heterocycles. The molecular weight excluding hydrogens is 190 g/mol. The Balaban J connectivity index is 3.44. The second-order valence-corrected chi connectivity index (χ2v) is 3.83. The minimum Gasteiger partial charge on any atom is -0.395 e. The van der Waals surface area contributed by atoms with Crippen LogP contribution >= 0.6 is 0 Å². The zero-order valence-corrected chi connectivity index (χ0v) is 10.3. The fourth-order valence-electron chi connectivity index (χ4n) is 1.59. The van der Waals surface area contributed by atoms with Gasteiger partial charge in [-0.05, 0) is 59.5 Å². The summed E-state index contributed by atoms with van der Waals surface area (Å²) in [6, 6.07) is 0. The molecule has 92 valence electrons. The van der Waals surface area contributed by atoms with E-state index >= 15 is 0 Å². The zero-order chi connectivity index (χ0) is 11.4. The number of aliphatic hydroxyl groups is 1. The van der Waals surface area contributed by atoms with Gasteiger partial charge in [0.05, 0.1) is 6.61 Å². The molecule has 0 aromatic rings. The molecule has 0 aromatic carbocycles. The molecule has 3 N–H and O–H groups in total. The average Bonchev–Trinajstić information content (AvgIpc) is 2.24. The first-order valence-electron chi connectivity index (χ1n) is 5.97. The Morgan fingerprint density at radius 2 is 1.47 bits per heavy atom. The SMILES string of the molecule is CNCCCCN(CCO)CCCNC. The van der Waals surface area contributed by atoms with Gasteiger partial charge in [0.15, 0.2) is 0 Å². The molecule has 0 saturated carbocycles. The summed E-state index contributed by atoms with van der Waals surface area (Å²) in [4.78, 5) is 2.34.